The monoisotopic (exact) mass is 307 g/mol. The number of anilines is 1. The highest BCUT2D eigenvalue weighted by Crippen LogP contribution is 2.20. The van der Waals surface area contributed by atoms with Crippen LogP contribution in [0.4, 0.5) is 5.82 Å². The Balaban J connectivity index is 1.92. The molecule has 0 amide bonds. The Morgan fingerprint density at radius 3 is 3.09 bits per heavy atom. The van der Waals surface area contributed by atoms with Gasteiger partial charge >= 0.3 is 11.7 Å². The minimum atomic E-state index is -0.253. The van der Waals surface area contributed by atoms with Gasteiger partial charge in [0.25, 0.3) is 0 Å². The van der Waals surface area contributed by atoms with E-state index >= 15 is 0 Å². The molecule has 0 aliphatic carbocycles. The van der Waals surface area contributed by atoms with Crippen molar-refractivity contribution >= 4 is 17.0 Å². The lowest BCUT2D eigenvalue weighted by Gasteiger charge is -2.10. The number of H-pyrrole nitrogens is 1. The molecule has 1 atom stereocenters. The van der Waals surface area contributed by atoms with E-state index in [9.17, 15) is 4.79 Å². The first-order valence-corrected chi connectivity index (χ1v) is 7.69. The maximum Gasteiger partial charge on any atom is 0.327 e. The number of nitrogens with one attached hydrogen (secondary N) is 1. The zero-order valence-corrected chi connectivity index (χ0v) is 12.7. The Bertz CT molecular complexity index is 702. The predicted molar refractivity (Wildman–Crippen MR) is 81.9 cm³/mol. The summed E-state index contributed by atoms with van der Waals surface area (Å²) < 4.78 is 12.6. The van der Waals surface area contributed by atoms with Crippen molar-refractivity contribution in [2.45, 2.75) is 45.3 Å². The first-order chi connectivity index (χ1) is 10.7. The molecule has 1 fully saturated rings. The number of nitrogens with zero attached hydrogens (tertiary/aromatic N) is 3. The quantitative estimate of drug-likeness (QED) is 0.773. The average Bonchev–Trinajstić information content (AvgIpc) is 3.10. The number of hydrogen-bond acceptors (Lipinski definition) is 6. The lowest BCUT2D eigenvalue weighted by atomic mass is 10.2. The molecule has 120 valence electrons. The summed E-state index contributed by atoms with van der Waals surface area (Å²) in [6.45, 7) is 3.81. The van der Waals surface area contributed by atoms with Gasteiger partial charge in [0, 0.05) is 6.61 Å². The fraction of sp³-hybridized carbons (Fsp3) is 0.643. The number of ether oxygens (including phenoxy) is 2. The van der Waals surface area contributed by atoms with Crippen LogP contribution in [0.1, 0.15) is 32.6 Å². The molecule has 8 nitrogen and oxygen atoms in total. The standard InChI is InChI=1S/C14H21N5O3/c1-2-3-6-22-13-17-11(15)10-12(18-13)19(14(20)16-10)8-9-5-4-7-21-9/h9H,2-8H2,1H3,(H,16,20)(H2,15,17,18). The van der Waals surface area contributed by atoms with Crippen LogP contribution in [0, 0.1) is 0 Å². The van der Waals surface area contributed by atoms with Crippen molar-refractivity contribution in [1.82, 2.24) is 19.5 Å². The smallest absolute Gasteiger partial charge is 0.327 e. The second-order valence-electron chi connectivity index (χ2n) is 5.47. The van der Waals surface area contributed by atoms with Crippen LogP contribution in [0.3, 0.4) is 0 Å². The van der Waals surface area contributed by atoms with E-state index in [-0.39, 0.29) is 23.6 Å². The van der Waals surface area contributed by atoms with Gasteiger partial charge in [-0.1, -0.05) is 13.3 Å². The topological polar surface area (TPSA) is 108 Å². The fourth-order valence-corrected chi connectivity index (χ4v) is 2.56. The van der Waals surface area contributed by atoms with Crippen LogP contribution in [0.5, 0.6) is 6.01 Å². The molecule has 0 aromatic carbocycles. The minimum absolute atomic E-state index is 0.0392. The predicted octanol–water partition coefficient (Wildman–Crippen LogP) is 1.06. The van der Waals surface area contributed by atoms with Gasteiger partial charge < -0.3 is 20.2 Å². The molecule has 22 heavy (non-hydrogen) atoms. The summed E-state index contributed by atoms with van der Waals surface area (Å²) in [4.78, 5) is 23.3. The Labute approximate surface area is 127 Å². The molecule has 2 aromatic rings. The van der Waals surface area contributed by atoms with Gasteiger partial charge in [-0.05, 0) is 19.3 Å². The minimum Gasteiger partial charge on any atom is -0.463 e. The normalized spacial score (nSPS) is 18.1. The molecule has 8 heteroatoms. The van der Waals surface area contributed by atoms with E-state index in [4.69, 9.17) is 15.2 Å². The molecule has 1 aliphatic rings. The van der Waals surface area contributed by atoms with Gasteiger partial charge in [-0.3, -0.25) is 4.57 Å². The van der Waals surface area contributed by atoms with Gasteiger partial charge in [-0.15, -0.1) is 0 Å². The average molecular weight is 307 g/mol. The number of fused-ring (bicyclic) bond motifs is 1. The maximum atomic E-state index is 12.1. The molecular weight excluding hydrogens is 286 g/mol. The van der Waals surface area contributed by atoms with Crippen LogP contribution < -0.4 is 16.2 Å². The molecular formula is C14H21N5O3. The number of unbranched alkanes of at least 4 members (excludes halogenated alkanes) is 1. The third kappa shape index (κ3) is 2.92. The molecule has 0 radical (unpaired) electrons. The Kier molecular flexibility index (Phi) is 4.28. The fourth-order valence-electron chi connectivity index (χ4n) is 2.56. The highest BCUT2D eigenvalue weighted by molar-refractivity contribution is 5.81. The second-order valence-corrected chi connectivity index (χ2v) is 5.47. The first kappa shape index (κ1) is 14.8. The summed E-state index contributed by atoms with van der Waals surface area (Å²) in [5.41, 5.74) is 6.57. The van der Waals surface area contributed by atoms with Crippen molar-refractivity contribution < 1.29 is 9.47 Å². The van der Waals surface area contributed by atoms with E-state index in [1.165, 1.54) is 0 Å². The summed E-state index contributed by atoms with van der Waals surface area (Å²) in [6, 6.07) is 0.207. The number of aromatic nitrogens is 4. The SMILES string of the molecule is CCCCOc1nc(N)c2[nH]c(=O)n(CC3CCCO3)c2n1. The number of nitrogen functional groups attached to an aromatic ring is 1. The van der Waals surface area contributed by atoms with Crippen molar-refractivity contribution in [2.24, 2.45) is 0 Å². The Hall–Kier alpha value is -2.09. The number of aromatic amines is 1. The molecule has 3 N–H and O–H groups in total. The van der Waals surface area contributed by atoms with E-state index in [0.29, 0.717) is 24.3 Å². The number of nitrogens with two attached hydrogens (primary N) is 1. The molecule has 2 aromatic heterocycles. The van der Waals surface area contributed by atoms with Gasteiger partial charge in [-0.25, -0.2) is 4.79 Å². The highest BCUT2D eigenvalue weighted by atomic mass is 16.5. The summed E-state index contributed by atoms with van der Waals surface area (Å²) in [7, 11) is 0. The zero-order valence-electron chi connectivity index (χ0n) is 12.7. The van der Waals surface area contributed by atoms with Crippen molar-refractivity contribution in [3.63, 3.8) is 0 Å². The molecule has 1 saturated heterocycles. The Morgan fingerprint density at radius 2 is 2.36 bits per heavy atom. The second kappa shape index (κ2) is 6.35. The molecule has 0 bridgehead atoms. The number of imidazole rings is 1. The van der Waals surface area contributed by atoms with Crippen LogP contribution in [0.25, 0.3) is 11.2 Å². The summed E-state index contributed by atoms with van der Waals surface area (Å²) >= 11 is 0. The van der Waals surface area contributed by atoms with Crippen LogP contribution in [0.15, 0.2) is 4.79 Å². The van der Waals surface area contributed by atoms with E-state index in [2.05, 4.69) is 21.9 Å². The lowest BCUT2D eigenvalue weighted by molar-refractivity contribution is 0.0970. The van der Waals surface area contributed by atoms with E-state index < -0.39 is 0 Å². The number of hydrogen-bond donors (Lipinski definition) is 2. The van der Waals surface area contributed by atoms with Crippen LogP contribution in [-0.2, 0) is 11.3 Å². The van der Waals surface area contributed by atoms with Gasteiger partial charge in [-0.2, -0.15) is 9.97 Å². The third-order valence-corrected chi connectivity index (χ3v) is 3.77. The largest absolute Gasteiger partial charge is 0.463 e. The lowest BCUT2D eigenvalue weighted by Crippen LogP contribution is -2.24. The first-order valence-electron chi connectivity index (χ1n) is 7.69. The third-order valence-electron chi connectivity index (χ3n) is 3.77. The van der Waals surface area contributed by atoms with Crippen molar-refractivity contribution in [1.29, 1.82) is 0 Å². The van der Waals surface area contributed by atoms with Crippen LogP contribution in [-0.4, -0.2) is 38.8 Å². The van der Waals surface area contributed by atoms with Gasteiger partial charge in [0.1, 0.15) is 5.52 Å². The molecule has 1 aliphatic heterocycles. The van der Waals surface area contributed by atoms with Crippen molar-refractivity contribution in [2.75, 3.05) is 18.9 Å². The summed E-state index contributed by atoms with van der Waals surface area (Å²) in [5.74, 6) is 0.222. The number of rotatable bonds is 6. The summed E-state index contributed by atoms with van der Waals surface area (Å²) in [5, 5.41) is 0. The molecule has 3 heterocycles. The van der Waals surface area contributed by atoms with Gasteiger partial charge in [0.2, 0.25) is 0 Å². The summed E-state index contributed by atoms with van der Waals surface area (Å²) in [6.07, 6.45) is 3.93. The molecule has 1 unspecified atom stereocenters. The van der Waals surface area contributed by atoms with Crippen molar-refractivity contribution in [3.05, 3.63) is 10.5 Å². The zero-order chi connectivity index (χ0) is 15.5. The molecule has 0 saturated carbocycles. The van der Waals surface area contributed by atoms with E-state index in [0.717, 1.165) is 32.3 Å². The molecule has 3 rings (SSSR count). The molecule has 0 spiro atoms. The highest BCUT2D eigenvalue weighted by Gasteiger charge is 2.21. The van der Waals surface area contributed by atoms with Crippen molar-refractivity contribution in [3.8, 4) is 6.01 Å². The van der Waals surface area contributed by atoms with E-state index in [1.54, 1.807) is 4.57 Å². The van der Waals surface area contributed by atoms with Gasteiger partial charge in [0.15, 0.2) is 11.5 Å². The van der Waals surface area contributed by atoms with Crippen LogP contribution >= 0.6 is 0 Å². The Morgan fingerprint density at radius 1 is 1.50 bits per heavy atom. The van der Waals surface area contributed by atoms with Crippen LogP contribution in [0.2, 0.25) is 0 Å². The van der Waals surface area contributed by atoms with E-state index in [1.807, 2.05) is 0 Å². The van der Waals surface area contributed by atoms with Gasteiger partial charge in [0.05, 0.1) is 19.3 Å². The maximum absolute atomic E-state index is 12.1.